The number of β-lactam (4-membered cyclic amide) rings is 1. The molecule has 7 heavy (non-hydrogen) atoms. The van der Waals surface area contributed by atoms with Crippen LogP contribution in [0, 0.1) is 0 Å². The van der Waals surface area contributed by atoms with Crippen LogP contribution in [0.1, 0.15) is 0 Å². The molecule has 3 heteroatoms. The molecule has 1 rings (SSSR count). The molecule has 1 aliphatic rings. The summed E-state index contributed by atoms with van der Waals surface area (Å²) in [5.74, 6) is -0.637. The molecule has 1 aliphatic heterocycles. The van der Waals surface area contributed by atoms with Gasteiger partial charge in [-0.2, -0.15) is 0 Å². The molecule has 0 aromatic heterocycles. The second kappa shape index (κ2) is 1.05. The molecule has 0 aliphatic carbocycles. The van der Waals surface area contributed by atoms with Crippen LogP contribution in [-0.2, 0) is 9.59 Å². The number of likely N-dealkylation sites (tertiary alicyclic amines) is 1. The summed E-state index contributed by atoms with van der Waals surface area (Å²) >= 11 is 0. The van der Waals surface area contributed by atoms with Crippen LogP contribution < -0.4 is 0 Å². The van der Waals surface area contributed by atoms with Crippen molar-refractivity contribution in [1.29, 1.82) is 0 Å². The Bertz CT molecular complexity index is 130. The van der Waals surface area contributed by atoms with E-state index in [1.165, 1.54) is 4.90 Å². The van der Waals surface area contributed by atoms with Gasteiger partial charge in [-0.3, -0.25) is 9.59 Å². The Balaban J connectivity index is 2.60. The van der Waals surface area contributed by atoms with Crippen molar-refractivity contribution in [3.63, 3.8) is 0 Å². The lowest BCUT2D eigenvalue weighted by molar-refractivity contribution is -0.153. The summed E-state index contributed by atoms with van der Waals surface area (Å²) in [7, 11) is 1.60. The van der Waals surface area contributed by atoms with Crippen molar-refractivity contribution in [2.75, 3.05) is 13.6 Å². The Labute approximate surface area is 40.9 Å². The molecule has 0 aromatic rings. The lowest BCUT2D eigenvalue weighted by Crippen LogP contribution is -2.50. The number of hydrogen-bond acceptors (Lipinski definition) is 2. The smallest absolute Gasteiger partial charge is 0.292 e. The van der Waals surface area contributed by atoms with E-state index in [9.17, 15) is 9.59 Å². The Morgan fingerprint density at radius 1 is 1.57 bits per heavy atom. The molecular formula is C4H5NO2. The quantitative estimate of drug-likeness (QED) is 0.289. The minimum atomic E-state index is -0.361. The lowest BCUT2D eigenvalue weighted by atomic mass is 10.2. The van der Waals surface area contributed by atoms with Crippen LogP contribution in [0.15, 0.2) is 0 Å². The van der Waals surface area contributed by atoms with Gasteiger partial charge in [0.2, 0.25) is 5.78 Å². The van der Waals surface area contributed by atoms with Crippen LogP contribution in [-0.4, -0.2) is 30.2 Å². The average molecular weight is 99.1 g/mol. The number of nitrogens with zero attached hydrogens (tertiary/aromatic N) is 1. The topological polar surface area (TPSA) is 37.4 Å². The van der Waals surface area contributed by atoms with Crippen LogP contribution in [0.25, 0.3) is 0 Å². The summed E-state index contributed by atoms with van der Waals surface area (Å²) in [6.07, 6.45) is 0. The molecule has 3 nitrogen and oxygen atoms in total. The molecule has 0 radical (unpaired) electrons. The minimum absolute atomic E-state index is 0.275. The molecule has 0 spiro atoms. The maximum atomic E-state index is 10.1. The molecular weight excluding hydrogens is 94.0 g/mol. The molecule has 1 fully saturated rings. The fourth-order valence-corrected chi connectivity index (χ4v) is 0.476. The predicted molar refractivity (Wildman–Crippen MR) is 22.6 cm³/mol. The van der Waals surface area contributed by atoms with E-state index in [0.717, 1.165) is 0 Å². The maximum Gasteiger partial charge on any atom is 0.292 e. The maximum absolute atomic E-state index is 10.1. The summed E-state index contributed by atoms with van der Waals surface area (Å²) in [6, 6.07) is 0. The molecule has 0 atom stereocenters. The number of likely N-dealkylation sites (N-methyl/N-ethyl adjacent to an activating group) is 1. The van der Waals surface area contributed by atoms with Crippen molar-refractivity contribution in [3.8, 4) is 0 Å². The zero-order chi connectivity index (χ0) is 5.44. The number of Topliss-reactive ketones (excluding diaryl/α,β-unsaturated/α-hetero) is 1. The third-order valence-corrected chi connectivity index (χ3v) is 0.966. The molecule has 0 N–H and O–H groups in total. The van der Waals surface area contributed by atoms with Gasteiger partial charge in [0.15, 0.2) is 0 Å². The van der Waals surface area contributed by atoms with Gasteiger partial charge in [0.05, 0.1) is 6.54 Å². The number of hydrogen-bond donors (Lipinski definition) is 0. The van der Waals surface area contributed by atoms with E-state index in [-0.39, 0.29) is 11.7 Å². The molecule has 1 heterocycles. The van der Waals surface area contributed by atoms with Gasteiger partial charge in [0.25, 0.3) is 5.91 Å². The predicted octanol–water partition coefficient (Wildman–Crippen LogP) is -0.973. The molecule has 1 saturated heterocycles. The minimum Gasteiger partial charge on any atom is -0.331 e. The van der Waals surface area contributed by atoms with Gasteiger partial charge in [0.1, 0.15) is 0 Å². The van der Waals surface area contributed by atoms with Crippen molar-refractivity contribution in [2.24, 2.45) is 0 Å². The summed E-state index contributed by atoms with van der Waals surface area (Å²) in [5.41, 5.74) is 0. The van der Waals surface area contributed by atoms with Gasteiger partial charge in [-0.1, -0.05) is 0 Å². The summed E-state index contributed by atoms with van der Waals surface area (Å²) < 4.78 is 0. The number of carbonyl (C=O) groups excluding carboxylic acids is 2. The standard InChI is InChI=1S/C4H5NO2/c1-5-2-3(6)4(5)7/h2H2,1H3. The van der Waals surface area contributed by atoms with E-state index in [1.54, 1.807) is 7.05 Å². The number of amides is 1. The van der Waals surface area contributed by atoms with Gasteiger partial charge in [-0.05, 0) is 0 Å². The average Bonchev–Trinajstić information content (AvgIpc) is 1.68. The number of rotatable bonds is 0. The van der Waals surface area contributed by atoms with Gasteiger partial charge in [-0.25, -0.2) is 0 Å². The first kappa shape index (κ1) is 4.30. The molecule has 1 amide bonds. The summed E-state index contributed by atoms with van der Waals surface area (Å²) in [4.78, 5) is 21.6. The SMILES string of the molecule is CN1CC(=O)C1=O. The van der Waals surface area contributed by atoms with E-state index in [4.69, 9.17) is 0 Å². The molecule has 0 aromatic carbocycles. The Kier molecular flexibility index (Phi) is 0.648. The van der Waals surface area contributed by atoms with Crippen molar-refractivity contribution in [2.45, 2.75) is 0 Å². The Hall–Kier alpha value is -0.860. The van der Waals surface area contributed by atoms with Gasteiger partial charge < -0.3 is 4.90 Å². The van der Waals surface area contributed by atoms with E-state index in [1.807, 2.05) is 0 Å². The Morgan fingerprint density at radius 3 is 2.14 bits per heavy atom. The molecule has 38 valence electrons. The van der Waals surface area contributed by atoms with Crippen LogP contribution in [0.5, 0.6) is 0 Å². The normalized spacial score (nSPS) is 19.9. The largest absolute Gasteiger partial charge is 0.331 e. The van der Waals surface area contributed by atoms with Gasteiger partial charge in [-0.15, -0.1) is 0 Å². The number of carbonyl (C=O) groups is 2. The van der Waals surface area contributed by atoms with E-state index < -0.39 is 0 Å². The van der Waals surface area contributed by atoms with Crippen molar-refractivity contribution in [3.05, 3.63) is 0 Å². The second-order valence-electron chi connectivity index (χ2n) is 1.58. The highest BCUT2D eigenvalue weighted by Gasteiger charge is 2.30. The van der Waals surface area contributed by atoms with Crippen LogP contribution in [0.2, 0.25) is 0 Å². The van der Waals surface area contributed by atoms with Crippen LogP contribution in [0.3, 0.4) is 0 Å². The summed E-state index contributed by atoms with van der Waals surface area (Å²) in [5, 5.41) is 0. The van der Waals surface area contributed by atoms with Crippen molar-refractivity contribution >= 4 is 11.7 Å². The Morgan fingerprint density at radius 2 is 2.14 bits per heavy atom. The first-order valence-corrected chi connectivity index (χ1v) is 2.00. The first-order valence-electron chi connectivity index (χ1n) is 2.00. The number of ketones is 1. The van der Waals surface area contributed by atoms with Crippen molar-refractivity contribution < 1.29 is 9.59 Å². The fourth-order valence-electron chi connectivity index (χ4n) is 0.476. The fraction of sp³-hybridized carbons (Fsp3) is 0.500. The highest BCUT2D eigenvalue weighted by molar-refractivity contribution is 6.42. The molecule has 0 unspecified atom stereocenters. The monoisotopic (exact) mass is 99.0 g/mol. The third-order valence-electron chi connectivity index (χ3n) is 0.966. The second-order valence-corrected chi connectivity index (χ2v) is 1.58. The molecule has 0 bridgehead atoms. The zero-order valence-corrected chi connectivity index (χ0v) is 3.97. The first-order chi connectivity index (χ1) is 3.22. The zero-order valence-electron chi connectivity index (χ0n) is 3.97. The van der Waals surface area contributed by atoms with E-state index >= 15 is 0 Å². The lowest BCUT2D eigenvalue weighted by Gasteiger charge is -2.22. The van der Waals surface area contributed by atoms with E-state index in [0.29, 0.717) is 6.54 Å². The van der Waals surface area contributed by atoms with Crippen molar-refractivity contribution in [1.82, 2.24) is 4.90 Å². The van der Waals surface area contributed by atoms with E-state index in [2.05, 4.69) is 0 Å². The van der Waals surface area contributed by atoms with Gasteiger partial charge in [0, 0.05) is 7.05 Å². The van der Waals surface area contributed by atoms with Crippen LogP contribution in [0.4, 0.5) is 0 Å². The third kappa shape index (κ3) is 0.408. The van der Waals surface area contributed by atoms with Crippen LogP contribution >= 0.6 is 0 Å². The molecule has 0 saturated carbocycles. The summed E-state index contributed by atoms with van der Waals surface area (Å²) in [6.45, 7) is 0.304. The van der Waals surface area contributed by atoms with Gasteiger partial charge >= 0.3 is 0 Å². The highest BCUT2D eigenvalue weighted by Crippen LogP contribution is 1.97. The highest BCUT2D eigenvalue weighted by atomic mass is 16.2.